The molecule has 3 rings (SSSR count). The summed E-state index contributed by atoms with van der Waals surface area (Å²) in [6.07, 6.45) is 1.57. The van der Waals surface area contributed by atoms with Crippen molar-refractivity contribution in [3.8, 4) is 0 Å². The van der Waals surface area contributed by atoms with Crippen molar-refractivity contribution in [3.63, 3.8) is 0 Å². The van der Waals surface area contributed by atoms with Gasteiger partial charge in [0.25, 0.3) is 5.91 Å². The van der Waals surface area contributed by atoms with Gasteiger partial charge in [0.2, 0.25) is 0 Å². The summed E-state index contributed by atoms with van der Waals surface area (Å²) in [6, 6.07) is 18.6. The highest BCUT2D eigenvalue weighted by molar-refractivity contribution is 5.94. The average Bonchev–Trinajstić information content (AvgIpc) is 3.16. The molecule has 5 heteroatoms. The second-order valence-electron chi connectivity index (χ2n) is 8.01. The molecule has 0 aromatic heterocycles. The van der Waals surface area contributed by atoms with E-state index in [1.807, 2.05) is 37.4 Å². The summed E-state index contributed by atoms with van der Waals surface area (Å²) in [5, 5.41) is 9.91. The molecule has 2 unspecified atom stereocenters. The van der Waals surface area contributed by atoms with Crippen LogP contribution in [0.3, 0.4) is 0 Å². The molecule has 1 fully saturated rings. The van der Waals surface area contributed by atoms with Crippen LogP contribution in [0, 0.1) is 0 Å². The first-order valence-corrected chi connectivity index (χ1v) is 10.5. The predicted molar refractivity (Wildman–Crippen MR) is 118 cm³/mol. The van der Waals surface area contributed by atoms with E-state index in [1.54, 1.807) is 4.90 Å². The summed E-state index contributed by atoms with van der Waals surface area (Å²) < 4.78 is 0. The number of benzene rings is 2. The maximum atomic E-state index is 12.5. The fourth-order valence-electron chi connectivity index (χ4n) is 4.03. The Bertz CT molecular complexity index is 778. The van der Waals surface area contributed by atoms with Crippen LogP contribution >= 0.6 is 0 Å². The maximum Gasteiger partial charge on any atom is 0.253 e. The van der Waals surface area contributed by atoms with Crippen LogP contribution in [0.15, 0.2) is 54.6 Å². The van der Waals surface area contributed by atoms with E-state index < -0.39 is 0 Å². The van der Waals surface area contributed by atoms with E-state index in [4.69, 9.17) is 0 Å². The molecule has 2 aromatic carbocycles. The Morgan fingerprint density at radius 2 is 1.83 bits per heavy atom. The lowest BCUT2D eigenvalue weighted by atomic mass is 10.0. The van der Waals surface area contributed by atoms with Crippen molar-refractivity contribution in [3.05, 3.63) is 65.7 Å². The Morgan fingerprint density at radius 3 is 2.41 bits per heavy atom. The van der Waals surface area contributed by atoms with Crippen LogP contribution in [0.25, 0.3) is 0 Å². The second kappa shape index (κ2) is 9.90. The molecule has 1 N–H and O–H groups in total. The predicted octanol–water partition coefficient (Wildman–Crippen LogP) is 3.41. The first-order valence-electron chi connectivity index (χ1n) is 10.5. The summed E-state index contributed by atoms with van der Waals surface area (Å²) in [4.78, 5) is 18.9. The number of β-amino-alcohol motifs (C(OH)–C–C–N with tert-alkyl or cyclic N) is 1. The van der Waals surface area contributed by atoms with E-state index in [1.165, 1.54) is 5.56 Å². The molecule has 1 aliphatic rings. The molecular weight excluding hydrogens is 362 g/mol. The van der Waals surface area contributed by atoms with E-state index in [9.17, 15) is 9.90 Å². The normalized spacial score (nSPS) is 17.9. The molecule has 5 nitrogen and oxygen atoms in total. The number of aliphatic hydroxyl groups excluding tert-OH is 1. The van der Waals surface area contributed by atoms with Gasteiger partial charge < -0.3 is 14.9 Å². The summed E-state index contributed by atoms with van der Waals surface area (Å²) >= 11 is 0. The van der Waals surface area contributed by atoms with Crippen LogP contribution in [-0.2, 0) is 0 Å². The molecule has 0 saturated carbocycles. The highest BCUT2D eigenvalue weighted by Crippen LogP contribution is 2.28. The minimum atomic E-state index is -0.220. The monoisotopic (exact) mass is 395 g/mol. The number of likely N-dealkylation sites (N-methyl/N-ethyl adjacent to an activating group) is 1. The smallest absolute Gasteiger partial charge is 0.253 e. The molecule has 0 radical (unpaired) electrons. The number of hydrogen-bond donors (Lipinski definition) is 1. The van der Waals surface area contributed by atoms with Crippen molar-refractivity contribution in [2.45, 2.75) is 31.9 Å². The molecule has 1 aliphatic heterocycles. The Hall–Kier alpha value is -2.37. The number of carbonyl (C=O) groups is 1. The lowest BCUT2D eigenvalue weighted by Gasteiger charge is -2.33. The van der Waals surface area contributed by atoms with Gasteiger partial charge in [-0.3, -0.25) is 9.69 Å². The topological polar surface area (TPSA) is 47.0 Å². The zero-order valence-electron chi connectivity index (χ0n) is 17.8. The largest absolute Gasteiger partial charge is 0.392 e. The van der Waals surface area contributed by atoms with E-state index >= 15 is 0 Å². The van der Waals surface area contributed by atoms with Gasteiger partial charge in [0.05, 0.1) is 12.1 Å². The van der Waals surface area contributed by atoms with Gasteiger partial charge in [-0.1, -0.05) is 37.3 Å². The molecule has 2 atom stereocenters. The van der Waals surface area contributed by atoms with Gasteiger partial charge in [-0.15, -0.1) is 0 Å². The first-order chi connectivity index (χ1) is 14.0. The number of anilines is 1. The third-order valence-corrected chi connectivity index (χ3v) is 5.76. The molecule has 0 aliphatic carbocycles. The van der Waals surface area contributed by atoms with Crippen molar-refractivity contribution in [1.29, 1.82) is 0 Å². The van der Waals surface area contributed by atoms with Crippen LogP contribution < -0.4 is 4.90 Å². The third kappa shape index (κ3) is 5.37. The van der Waals surface area contributed by atoms with Crippen molar-refractivity contribution < 1.29 is 9.90 Å². The Kier molecular flexibility index (Phi) is 7.29. The Labute approximate surface area is 174 Å². The van der Waals surface area contributed by atoms with Crippen LogP contribution in [0.5, 0.6) is 0 Å². The molecule has 0 spiro atoms. The molecule has 2 aromatic rings. The number of carbonyl (C=O) groups excluding carboxylic acids is 1. The minimum absolute atomic E-state index is 0.0618. The number of hydrogen-bond acceptors (Lipinski definition) is 4. The highest BCUT2D eigenvalue weighted by atomic mass is 16.3. The second-order valence-corrected chi connectivity index (χ2v) is 8.01. The number of likely N-dealkylation sites (tertiary alicyclic amines) is 1. The summed E-state index contributed by atoms with van der Waals surface area (Å²) in [5.41, 5.74) is 3.05. The van der Waals surface area contributed by atoms with E-state index in [-0.39, 0.29) is 18.1 Å². The number of rotatable bonds is 8. The average molecular weight is 396 g/mol. The summed E-state index contributed by atoms with van der Waals surface area (Å²) in [6.45, 7) is 5.35. The maximum absolute atomic E-state index is 12.5. The van der Waals surface area contributed by atoms with Crippen LogP contribution in [0.4, 0.5) is 5.69 Å². The van der Waals surface area contributed by atoms with Gasteiger partial charge in [-0.2, -0.15) is 0 Å². The van der Waals surface area contributed by atoms with E-state index in [0.29, 0.717) is 0 Å². The summed E-state index contributed by atoms with van der Waals surface area (Å²) in [5.74, 6) is 0.0618. The van der Waals surface area contributed by atoms with Crippen LogP contribution in [-0.4, -0.2) is 67.2 Å². The number of aliphatic hydroxyl groups is 1. The van der Waals surface area contributed by atoms with Gasteiger partial charge in [0.1, 0.15) is 0 Å². The fourth-order valence-corrected chi connectivity index (χ4v) is 4.03. The Balaban J connectivity index is 1.78. The molecule has 1 saturated heterocycles. The lowest BCUT2D eigenvalue weighted by molar-refractivity contribution is 0.0795. The zero-order chi connectivity index (χ0) is 20.8. The van der Waals surface area contributed by atoms with Crippen LogP contribution in [0.2, 0.25) is 0 Å². The summed E-state index contributed by atoms with van der Waals surface area (Å²) in [7, 11) is 3.95. The fraction of sp³-hybridized carbons (Fsp3) is 0.458. The van der Waals surface area contributed by atoms with Crippen molar-refractivity contribution in [2.75, 3.05) is 45.2 Å². The van der Waals surface area contributed by atoms with Gasteiger partial charge in [0, 0.05) is 51.5 Å². The van der Waals surface area contributed by atoms with Crippen molar-refractivity contribution in [2.24, 2.45) is 0 Å². The first kappa shape index (κ1) is 21.3. The van der Waals surface area contributed by atoms with Crippen molar-refractivity contribution in [1.82, 2.24) is 9.80 Å². The molecular formula is C24H33N3O2. The quantitative estimate of drug-likeness (QED) is 0.744. The lowest BCUT2D eigenvalue weighted by Crippen LogP contribution is -2.36. The zero-order valence-corrected chi connectivity index (χ0v) is 17.8. The molecule has 1 amide bonds. The van der Waals surface area contributed by atoms with Gasteiger partial charge in [0.15, 0.2) is 0 Å². The number of amides is 1. The SMILES string of the molecule is CCCN(C)C(=O)c1ccc(N(C)C(CN2CCC(O)C2)c2ccccc2)cc1. The molecule has 156 valence electrons. The third-order valence-electron chi connectivity index (χ3n) is 5.76. The van der Waals surface area contributed by atoms with Crippen molar-refractivity contribution >= 4 is 11.6 Å². The number of nitrogens with zero attached hydrogens (tertiary/aromatic N) is 3. The van der Waals surface area contributed by atoms with E-state index in [2.05, 4.69) is 48.0 Å². The molecule has 1 heterocycles. The molecule has 0 bridgehead atoms. The standard InChI is InChI=1S/C24H33N3O2/c1-4-15-25(2)24(29)20-10-12-21(13-11-20)26(3)23(19-8-6-5-7-9-19)18-27-16-14-22(28)17-27/h5-13,22-23,28H,4,14-18H2,1-3H3. The van der Waals surface area contributed by atoms with Gasteiger partial charge >= 0.3 is 0 Å². The minimum Gasteiger partial charge on any atom is -0.392 e. The van der Waals surface area contributed by atoms with Gasteiger partial charge in [-0.25, -0.2) is 0 Å². The Morgan fingerprint density at radius 1 is 1.14 bits per heavy atom. The van der Waals surface area contributed by atoms with E-state index in [0.717, 1.165) is 50.3 Å². The van der Waals surface area contributed by atoms with Gasteiger partial charge in [-0.05, 0) is 42.7 Å². The van der Waals surface area contributed by atoms with Crippen LogP contribution in [0.1, 0.15) is 41.7 Å². The highest BCUT2D eigenvalue weighted by Gasteiger charge is 2.26. The molecule has 29 heavy (non-hydrogen) atoms.